The third kappa shape index (κ3) is 3.26. The molecule has 0 radical (unpaired) electrons. The zero-order chi connectivity index (χ0) is 16.4. The van der Waals surface area contributed by atoms with Crippen LogP contribution in [-0.2, 0) is 16.6 Å². The van der Waals surface area contributed by atoms with Crippen LogP contribution in [0, 0.1) is 0 Å². The number of rotatable bonds is 4. The van der Waals surface area contributed by atoms with Crippen LogP contribution in [0.25, 0.3) is 10.8 Å². The van der Waals surface area contributed by atoms with Crippen molar-refractivity contribution in [2.75, 3.05) is 0 Å². The highest BCUT2D eigenvalue weighted by Gasteiger charge is 2.15. The lowest BCUT2D eigenvalue weighted by Gasteiger charge is -2.08. The van der Waals surface area contributed by atoms with E-state index in [1.165, 1.54) is 12.1 Å². The second kappa shape index (κ2) is 6.11. The largest absolute Gasteiger partial charge is 0.272 e. The molecule has 0 unspecified atom stereocenters. The van der Waals surface area contributed by atoms with Crippen molar-refractivity contribution in [3.05, 3.63) is 69.6 Å². The van der Waals surface area contributed by atoms with Gasteiger partial charge >= 0.3 is 0 Å². The van der Waals surface area contributed by atoms with Crippen molar-refractivity contribution in [1.29, 1.82) is 0 Å². The summed E-state index contributed by atoms with van der Waals surface area (Å²) in [5, 5.41) is 7.69. The molecule has 8 heteroatoms. The monoisotopic (exact) mass is 349 g/mol. The highest BCUT2D eigenvalue weighted by atomic mass is 35.5. The van der Waals surface area contributed by atoms with Crippen LogP contribution < -0.4 is 10.3 Å². The molecule has 0 amide bonds. The minimum Gasteiger partial charge on any atom is -0.267 e. The Morgan fingerprint density at radius 2 is 1.83 bits per heavy atom. The lowest BCUT2D eigenvalue weighted by atomic mass is 10.1. The van der Waals surface area contributed by atoms with Gasteiger partial charge < -0.3 is 0 Å². The van der Waals surface area contributed by atoms with Gasteiger partial charge in [0.2, 0.25) is 10.0 Å². The predicted octanol–water partition coefficient (Wildman–Crippen LogP) is 2.05. The van der Waals surface area contributed by atoms with Crippen molar-refractivity contribution in [2.45, 2.75) is 11.4 Å². The average Bonchev–Trinajstić information content (AvgIpc) is 2.54. The van der Waals surface area contributed by atoms with Crippen LogP contribution in [0.2, 0.25) is 5.02 Å². The normalized spacial score (nSPS) is 11.7. The highest BCUT2D eigenvalue weighted by Crippen LogP contribution is 2.17. The third-order valence-corrected chi connectivity index (χ3v) is 4.95. The van der Waals surface area contributed by atoms with Crippen LogP contribution in [0.1, 0.15) is 5.69 Å². The first kappa shape index (κ1) is 15.7. The number of benzene rings is 2. The van der Waals surface area contributed by atoms with Gasteiger partial charge in [0.25, 0.3) is 5.56 Å². The zero-order valence-electron chi connectivity index (χ0n) is 11.8. The summed E-state index contributed by atoms with van der Waals surface area (Å²) in [5.74, 6) is 0. The van der Waals surface area contributed by atoms with E-state index in [0.717, 1.165) is 0 Å². The number of H-pyrrole nitrogens is 1. The van der Waals surface area contributed by atoms with E-state index >= 15 is 0 Å². The minimum absolute atomic E-state index is 0.0495. The molecule has 1 heterocycles. The Labute approximate surface area is 137 Å². The molecule has 23 heavy (non-hydrogen) atoms. The quantitative estimate of drug-likeness (QED) is 0.754. The van der Waals surface area contributed by atoms with E-state index < -0.39 is 10.0 Å². The second-order valence-electron chi connectivity index (χ2n) is 4.83. The van der Waals surface area contributed by atoms with Crippen LogP contribution in [0.15, 0.2) is 58.2 Å². The number of fused-ring (bicyclic) bond motifs is 1. The number of hydrogen-bond acceptors (Lipinski definition) is 4. The van der Waals surface area contributed by atoms with Crippen molar-refractivity contribution in [1.82, 2.24) is 14.9 Å². The fraction of sp³-hybridized carbons (Fsp3) is 0.0667. The molecular weight excluding hydrogens is 338 g/mol. The molecule has 2 N–H and O–H groups in total. The lowest BCUT2D eigenvalue weighted by Crippen LogP contribution is -2.25. The van der Waals surface area contributed by atoms with E-state index in [1.54, 1.807) is 36.4 Å². The summed E-state index contributed by atoms with van der Waals surface area (Å²) in [6.07, 6.45) is 0. The number of nitrogens with zero attached hydrogens (tertiary/aromatic N) is 1. The standard InChI is InChI=1S/C15H12ClN3O3S/c16-10-4-3-5-11(8-10)23(21,22)17-9-14-12-6-1-2-7-13(12)15(20)19-18-14/h1-8,17H,9H2,(H,19,20). The Kier molecular flexibility index (Phi) is 4.16. The highest BCUT2D eigenvalue weighted by molar-refractivity contribution is 7.89. The Morgan fingerprint density at radius 3 is 2.57 bits per heavy atom. The molecule has 0 fully saturated rings. The first-order valence-corrected chi connectivity index (χ1v) is 8.55. The number of aromatic amines is 1. The van der Waals surface area contributed by atoms with E-state index in [2.05, 4.69) is 14.9 Å². The van der Waals surface area contributed by atoms with E-state index in [1.807, 2.05) is 0 Å². The molecule has 3 rings (SSSR count). The fourth-order valence-electron chi connectivity index (χ4n) is 2.19. The summed E-state index contributed by atoms with van der Waals surface area (Å²) in [7, 11) is -3.73. The summed E-state index contributed by atoms with van der Waals surface area (Å²) >= 11 is 5.82. The van der Waals surface area contributed by atoms with Crippen LogP contribution in [0.5, 0.6) is 0 Å². The van der Waals surface area contributed by atoms with Crippen LogP contribution in [0.4, 0.5) is 0 Å². The van der Waals surface area contributed by atoms with Gasteiger partial charge in [-0.15, -0.1) is 0 Å². The van der Waals surface area contributed by atoms with Gasteiger partial charge in [-0.2, -0.15) is 5.10 Å². The van der Waals surface area contributed by atoms with Crippen LogP contribution in [-0.4, -0.2) is 18.6 Å². The lowest BCUT2D eigenvalue weighted by molar-refractivity contribution is 0.580. The average molecular weight is 350 g/mol. The first-order valence-electron chi connectivity index (χ1n) is 6.69. The molecule has 0 aliphatic carbocycles. The van der Waals surface area contributed by atoms with Crippen molar-refractivity contribution >= 4 is 32.4 Å². The summed E-state index contributed by atoms with van der Waals surface area (Å²) in [6.45, 7) is -0.0495. The van der Waals surface area contributed by atoms with Gasteiger partial charge in [0, 0.05) is 10.4 Å². The second-order valence-corrected chi connectivity index (χ2v) is 7.03. The van der Waals surface area contributed by atoms with Gasteiger partial charge in [-0.25, -0.2) is 18.2 Å². The number of hydrogen-bond donors (Lipinski definition) is 2. The van der Waals surface area contributed by atoms with Gasteiger partial charge in [0.05, 0.1) is 22.5 Å². The SMILES string of the molecule is O=c1[nH]nc(CNS(=O)(=O)c2cccc(Cl)c2)c2ccccc12. The van der Waals surface area contributed by atoms with E-state index in [0.29, 0.717) is 21.5 Å². The molecule has 0 aliphatic heterocycles. The molecule has 1 aromatic heterocycles. The molecule has 0 bridgehead atoms. The fourth-order valence-corrected chi connectivity index (χ4v) is 3.48. The van der Waals surface area contributed by atoms with E-state index in [-0.39, 0.29) is 17.0 Å². The van der Waals surface area contributed by atoms with Crippen molar-refractivity contribution in [3.8, 4) is 0 Å². The Balaban J connectivity index is 1.92. The summed E-state index contributed by atoms with van der Waals surface area (Å²) in [6, 6.07) is 12.8. The topological polar surface area (TPSA) is 91.9 Å². The maximum atomic E-state index is 12.3. The molecular formula is C15H12ClN3O3S. The number of sulfonamides is 1. The van der Waals surface area contributed by atoms with Gasteiger partial charge in [-0.3, -0.25) is 4.79 Å². The molecule has 3 aromatic rings. The smallest absolute Gasteiger partial charge is 0.267 e. The van der Waals surface area contributed by atoms with Crippen LogP contribution >= 0.6 is 11.6 Å². The minimum atomic E-state index is -3.73. The molecule has 0 aliphatic rings. The van der Waals surface area contributed by atoms with Gasteiger partial charge in [-0.1, -0.05) is 35.9 Å². The van der Waals surface area contributed by atoms with Gasteiger partial charge in [0.1, 0.15) is 0 Å². The predicted molar refractivity (Wildman–Crippen MR) is 87.8 cm³/mol. The molecule has 2 aromatic carbocycles. The maximum Gasteiger partial charge on any atom is 0.272 e. The molecule has 0 saturated carbocycles. The van der Waals surface area contributed by atoms with E-state index in [4.69, 9.17) is 11.6 Å². The van der Waals surface area contributed by atoms with E-state index in [9.17, 15) is 13.2 Å². The van der Waals surface area contributed by atoms with Gasteiger partial charge in [-0.05, 0) is 24.3 Å². The maximum absolute atomic E-state index is 12.3. The number of aromatic nitrogens is 2. The first-order chi connectivity index (χ1) is 11.0. The Hall–Kier alpha value is -2.22. The third-order valence-electron chi connectivity index (χ3n) is 3.31. The Morgan fingerprint density at radius 1 is 1.09 bits per heavy atom. The molecule has 0 saturated heterocycles. The van der Waals surface area contributed by atoms with Crippen LogP contribution in [0.3, 0.4) is 0 Å². The summed E-state index contributed by atoms with van der Waals surface area (Å²) < 4.78 is 27.0. The van der Waals surface area contributed by atoms with Crippen molar-refractivity contribution < 1.29 is 8.42 Å². The summed E-state index contributed by atoms with van der Waals surface area (Å²) in [4.78, 5) is 11.8. The van der Waals surface area contributed by atoms with Crippen molar-refractivity contribution in [3.63, 3.8) is 0 Å². The molecule has 6 nitrogen and oxygen atoms in total. The number of halogens is 1. The molecule has 0 spiro atoms. The summed E-state index contributed by atoms with van der Waals surface area (Å²) in [5.41, 5.74) is 0.118. The zero-order valence-corrected chi connectivity index (χ0v) is 13.4. The van der Waals surface area contributed by atoms with Crippen molar-refractivity contribution in [2.24, 2.45) is 0 Å². The number of nitrogens with one attached hydrogen (secondary N) is 2. The van der Waals surface area contributed by atoms with Gasteiger partial charge in [0.15, 0.2) is 0 Å². The molecule has 0 atom stereocenters. The molecule has 118 valence electrons. The Bertz CT molecular complexity index is 1030.